The van der Waals surface area contributed by atoms with E-state index in [0.29, 0.717) is 5.13 Å². The Bertz CT molecular complexity index is 1010. The lowest BCUT2D eigenvalue weighted by atomic mass is 10.1. The smallest absolute Gasteiger partial charge is 0.240 e. The van der Waals surface area contributed by atoms with Crippen LogP contribution in [0.2, 0.25) is 0 Å². The standard InChI is InChI=1S/C18H20N4O2S2/c1-12-7-9-14(10-8-12)26(23,24)20-11-16-17(21-18(22-19)25-16)15-6-4-3-5-13(15)2/h3-10,20H,11,19H2,1-2H3,(H,21,22). The molecule has 1 aromatic heterocycles. The molecule has 0 spiro atoms. The number of hydrogen-bond acceptors (Lipinski definition) is 6. The Morgan fingerprint density at radius 1 is 1.08 bits per heavy atom. The second-order valence-corrected chi connectivity index (χ2v) is 8.74. The Morgan fingerprint density at radius 3 is 2.42 bits per heavy atom. The van der Waals surface area contributed by atoms with Crippen molar-refractivity contribution in [3.05, 3.63) is 64.5 Å². The van der Waals surface area contributed by atoms with Gasteiger partial charge in [-0.15, -0.1) is 0 Å². The number of sulfonamides is 1. The Hall–Kier alpha value is -2.26. The molecule has 2 aromatic carbocycles. The van der Waals surface area contributed by atoms with E-state index in [4.69, 9.17) is 5.84 Å². The fourth-order valence-corrected chi connectivity index (χ4v) is 4.46. The van der Waals surface area contributed by atoms with Gasteiger partial charge in [0.15, 0.2) is 5.13 Å². The van der Waals surface area contributed by atoms with Crippen molar-refractivity contribution in [1.82, 2.24) is 9.71 Å². The van der Waals surface area contributed by atoms with Gasteiger partial charge in [0, 0.05) is 17.0 Å². The van der Waals surface area contributed by atoms with Gasteiger partial charge in [0.05, 0.1) is 10.6 Å². The number of hydrogen-bond donors (Lipinski definition) is 3. The molecule has 26 heavy (non-hydrogen) atoms. The second kappa shape index (κ2) is 7.55. The number of aryl methyl sites for hydroxylation is 2. The van der Waals surface area contributed by atoms with Crippen molar-refractivity contribution >= 4 is 26.5 Å². The minimum atomic E-state index is -3.60. The highest BCUT2D eigenvalue weighted by atomic mass is 32.2. The van der Waals surface area contributed by atoms with Crippen LogP contribution in [0.5, 0.6) is 0 Å². The van der Waals surface area contributed by atoms with E-state index in [-0.39, 0.29) is 11.4 Å². The van der Waals surface area contributed by atoms with Gasteiger partial charge in [-0.2, -0.15) is 0 Å². The van der Waals surface area contributed by atoms with Crippen LogP contribution in [0.1, 0.15) is 16.0 Å². The zero-order valence-corrected chi connectivity index (χ0v) is 16.1. The van der Waals surface area contributed by atoms with E-state index in [2.05, 4.69) is 15.1 Å². The van der Waals surface area contributed by atoms with E-state index >= 15 is 0 Å². The van der Waals surface area contributed by atoms with E-state index in [1.54, 1.807) is 24.3 Å². The summed E-state index contributed by atoms with van der Waals surface area (Å²) in [5.41, 5.74) is 6.29. The summed E-state index contributed by atoms with van der Waals surface area (Å²) in [5, 5.41) is 0.535. The average molecular weight is 389 g/mol. The number of nitrogen functional groups attached to an aromatic ring is 1. The van der Waals surface area contributed by atoms with Gasteiger partial charge in [-0.25, -0.2) is 24.0 Å². The summed E-state index contributed by atoms with van der Waals surface area (Å²) in [5.74, 6) is 5.49. The van der Waals surface area contributed by atoms with Crippen LogP contribution in [0.3, 0.4) is 0 Å². The Morgan fingerprint density at radius 2 is 1.77 bits per heavy atom. The highest BCUT2D eigenvalue weighted by Gasteiger charge is 2.18. The highest BCUT2D eigenvalue weighted by molar-refractivity contribution is 7.89. The zero-order valence-electron chi connectivity index (χ0n) is 14.5. The maximum Gasteiger partial charge on any atom is 0.240 e. The van der Waals surface area contributed by atoms with Crippen LogP contribution in [0.4, 0.5) is 5.13 Å². The van der Waals surface area contributed by atoms with E-state index in [0.717, 1.165) is 27.3 Å². The van der Waals surface area contributed by atoms with E-state index in [9.17, 15) is 8.42 Å². The number of thiazole rings is 1. The quantitative estimate of drug-likeness (QED) is 0.445. The molecule has 0 bridgehead atoms. The number of anilines is 1. The molecule has 0 unspecified atom stereocenters. The van der Waals surface area contributed by atoms with E-state index < -0.39 is 10.0 Å². The summed E-state index contributed by atoms with van der Waals surface area (Å²) < 4.78 is 27.7. The molecule has 0 amide bonds. The fraction of sp³-hybridized carbons (Fsp3) is 0.167. The molecular weight excluding hydrogens is 368 g/mol. The summed E-state index contributed by atoms with van der Waals surface area (Å²) in [6.45, 7) is 4.04. The van der Waals surface area contributed by atoms with Gasteiger partial charge in [0.1, 0.15) is 0 Å². The summed E-state index contributed by atoms with van der Waals surface area (Å²) in [4.78, 5) is 5.52. The maximum absolute atomic E-state index is 12.5. The Balaban J connectivity index is 1.89. The van der Waals surface area contributed by atoms with Crippen molar-refractivity contribution in [2.24, 2.45) is 5.84 Å². The highest BCUT2D eigenvalue weighted by Crippen LogP contribution is 2.32. The number of hydrazine groups is 1. The molecule has 136 valence electrons. The molecule has 0 saturated carbocycles. The first kappa shape index (κ1) is 18.5. The van der Waals surface area contributed by atoms with Crippen molar-refractivity contribution in [2.75, 3.05) is 5.43 Å². The number of nitrogens with zero attached hydrogens (tertiary/aromatic N) is 1. The molecule has 0 aliphatic heterocycles. The molecule has 0 radical (unpaired) electrons. The molecule has 0 aliphatic rings. The third-order valence-corrected chi connectivity index (χ3v) is 6.38. The average Bonchev–Trinajstić information content (AvgIpc) is 3.04. The first-order valence-corrected chi connectivity index (χ1v) is 10.3. The largest absolute Gasteiger partial charge is 0.300 e. The molecule has 4 N–H and O–H groups in total. The van der Waals surface area contributed by atoms with Crippen molar-refractivity contribution < 1.29 is 8.42 Å². The summed E-state index contributed by atoms with van der Waals surface area (Å²) >= 11 is 1.33. The van der Waals surface area contributed by atoms with Gasteiger partial charge in [0.2, 0.25) is 10.0 Å². The Kier molecular flexibility index (Phi) is 5.38. The fourth-order valence-electron chi connectivity index (χ4n) is 2.54. The van der Waals surface area contributed by atoms with Crippen LogP contribution in [0.25, 0.3) is 11.3 Å². The zero-order chi connectivity index (χ0) is 18.7. The minimum absolute atomic E-state index is 0.138. The van der Waals surface area contributed by atoms with Gasteiger partial charge in [-0.05, 0) is 31.5 Å². The van der Waals surface area contributed by atoms with E-state index in [1.165, 1.54) is 11.3 Å². The van der Waals surface area contributed by atoms with Gasteiger partial charge < -0.3 is 0 Å². The third-order valence-electron chi connectivity index (χ3n) is 3.98. The van der Waals surface area contributed by atoms with Crippen LogP contribution in [0.15, 0.2) is 53.4 Å². The van der Waals surface area contributed by atoms with Crippen LogP contribution < -0.4 is 16.0 Å². The molecule has 0 aliphatic carbocycles. The summed E-state index contributed by atoms with van der Waals surface area (Å²) in [7, 11) is -3.60. The van der Waals surface area contributed by atoms with Gasteiger partial charge in [-0.3, -0.25) is 5.43 Å². The van der Waals surface area contributed by atoms with Crippen molar-refractivity contribution in [3.63, 3.8) is 0 Å². The second-order valence-electron chi connectivity index (χ2n) is 5.89. The predicted molar refractivity (Wildman–Crippen MR) is 105 cm³/mol. The topological polar surface area (TPSA) is 97.1 Å². The molecule has 1 heterocycles. The first-order chi connectivity index (χ1) is 12.4. The lowest BCUT2D eigenvalue weighted by molar-refractivity contribution is 0.582. The SMILES string of the molecule is Cc1ccc(S(=O)(=O)NCc2sc(NN)nc2-c2ccccc2C)cc1. The summed E-state index contributed by atoms with van der Waals surface area (Å²) in [6.07, 6.45) is 0. The molecule has 0 fully saturated rings. The van der Waals surface area contributed by atoms with Gasteiger partial charge in [-0.1, -0.05) is 53.3 Å². The first-order valence-electron chi connectivity index (χ1n) is 7.99. The molecular formula is C18H20N4O2S2. The minimum Gasteiger partial charge on any atom is -0.300 e. The predicted octanol–water partition coefficient (Wildman–Crippen LogP) is 3.19. The molecule has 3 rings (SSSR count). The van der Waals surface area contributed by atoms with Crippen molar-refractivity contribution in [1.29, 1.82) is 0 Å². The number of aromatic nitrogens is 1. The normalized spacial score (nSPS) is 11.5. The lowest BCUT2D eigenvalue weighted by Gasteiger charge is -2.08. The molecule has 0 saturated heterocycles. The molecule has 6 nitrogen and oxygen atoms in total. The number of nitrogens with one attached hydrogen (secondary N) is 2. The van der Waals surface area contributed by atoms with Gasteiger partial charge >= 0.3 is 0 Å². The number of rotatable bonds is 6. The third kappa shape index (κ3) is 3.94. The Labute approximate surface area is 157 Å². The molecule has 3 aromatic rings. The number of nitrogens with two attached hydrogens (primary N) is 1. The molecule has 8 heteroatoms. The van der Waals surface area contributed by atoms with E-state index in [1.807, 2.05) is 38.1 Å². The van der Waals surface area contributed by atoms with Crippen LogP contribution in [-0.2, 0) is 16.6 Å². The summed E-state index contributed by atoms with van der Waals surface area (Å²) in [6, 6.07) is 14.6. The monoisotopic (exact) mass is 388 g/mol. The maximum atomic E-state index is 12.5. The van der Waals surface area contributed by atoms with Crippen molar-refractivity contribution in [3.8, 4) is 11.3 Å². The molecule has 0 atom stereocenters. The van der Waals surface area contributed by atoms with Gasteiger partial charge in [0.25, 0.3) is 0 Å². The number of benzene rings is 2. The van der Waals surface area contributed by atoms with Crippen LogP contribution >= 0.6 is 11.3 Å². The van der Waals surface area contributed by atoms with Crippen LogP contribution in [0, 0.1) is 13.8 Å². The lowest BCUT2D eigenvalue weighted by Crippen LogP contribution is -2.23. The van der Waals surface area contributed by atoms with Crippen LogP contribution in [-0.4, -0.2) is 13.4 Å². The van der Waals surface area contributed by atoms with Crippen molar-refractivity contribution in [2.45, 2.75) is 25.3 Å².